The minimum atomic E-state index is 0.570. The summed E-state index contributed by atoms with van der Waals surface area (Å²) in [5.74, 6) is 1.01. The number of halogens is 1. The second-order valence-electron chi connectivity index (χ2n) is 5.77. The Morgan fingerprint density at radius 2 is 2.00 bits per heavy atom. The van der Waals surface area contributed by atoms with Crippen molar-refractivity contribution in [3.8, 4) is 11.4 Å². The Labute approximate surface area is 131 Å². The van der Waals surface area contributed by atoms with Crippen molar-refractivity contribution in [3.63, 3.8) is 0 Å². The standard InChI is InChI=1S/C17H16BrN3/c1-10-2-7-16-15(8-10)20-17(21(16)12-4-5-12)13-9-11(19)3-6-14(13)18/h2-3,6-9,12H,4-5,19H2,1H3. The van der Waals surface area contributed by atoms with Crippen LogP contribution in [-0.2, 0) is 0 Å². The molecule has 0 amide bonds. The smallest absolute Gasteiger partial charge is 0.142 e. The predicted octanol–water partition coefficient (Wildman–Crippen LogP) is 4.69. The third-order valence-electron chi connectivity index (χ3n) is 3.99. The van der Waals surface area contributed by atoms with E-state index >= 15 is 0 Å². The van der Waals surface area contributed by atoms with E-state index < -0.39 is 0 Å². The highest BCUT2D eigenvalue weighted by molar-refractivity contribution is 9.10. The van der Waals surface area contributed by atoms with Gasteiger partial charge >= 0.3 is 0 Å². The molecule has 1 fully saturated rings. The minimum Gasteiger partial charge on any atom is -0.399 e. The topological polar surface area (TPSA) is 43.8 Å². The van der Waals surface area contributed by atoms with E-state index in [4.69, 9.17) is 10.7 Å². The Bertz CT molecular complexity index is 847. The highest BCUT2D eigenvalue weighted by Crippen LogP contribution is 2.42. The summed E-state index contributed by atoms with van der Waals surface area (Å²) in [5, 5.41) is 0. The first-order valence-corrected chi connectivity index (χ1v) is 7.97. The molecular weight excluding hydrogens is 326 g/mol. The lowest BCUT2D eigenvalue weighted by atomic mass is 10.2. The fourth-order valence-electron chi connectivity index (χ4n) is 2.82. The summed E-state index contributed by atoms with van der Waals surface area (Å²) in [4.78, 5) is 4.88. The van der Waals surface area contributed by atoms with Gasteiger partial charge in [0, 0.05) is 21.8 Å². The summed E-state index contributed by atoms with van der Waals surface area (Å²) >= 11 is 3.63. The maximum Gasteiger partial charge on any atom is 0.142 e. The average Bonchev–Trinajstić information content (AvgIpc) is 3.22. The molecule has 4 heteroatoms. The summed E-state index contributed by atoms with van der Waals surface area (Å²) in [6.07, 6.45) is 2.46. The van der Waals surface area contributed by atoms with Gasteiger partial charge in [-0.25, -0.2) is 4.98 Å². The van der Waals surface area contributed by atoms with Crippen LogP contribution in [0.1, 0.15) is 24.4 Å². The van der Waals surface area contributed by atoms with Crippen molar-refractivity contribution in [2.45, 2.75) is 25.8 Å². The van der Waals surface area contributed by atoms with E-state index in [2.05, 4.69) is 45.6 Å². The lowest BCUT2D eigenvalue weighted by Crippen LogP contribution is -1.98. The summed E-state index contributed by atoms with van der Waals surface area (Å²) in [5.41, 5.74) is 11.3. The number of rotatable bonds is 2. The van der Waals surface area contributed by atoms with Crippen molar-refractivity contribution in [2.75, 3.05) is 5.73 Å². The van der Waals surface area contributed by atoms with E-state index in [0.717, 1.165) is 27.1 Å². The number of nitrogens with zero attached hydrogens (tertiary/aromatic N) is 2. The van der Waals surface area contributed by atoms with Crippen molar-refractivity contribution in [2.24, 2.45) is 0 Å². The first-order valence-electron chi connectivity index (χ1n) is 7.17. The molecule has 0 saturated heterocycles. The molecule has 3 aromatic rings. The van der Waals surface area contributed by atoms with Crippen LogP contribution in [-0.4, -0.2) is 9.55 Å². The van der Waals surface area contributed by atoms with Gasteiger partial charge in [-0.1, -0.05) is 22.0 Å². The number of anilines is 1. The Morgan fingerprint density at radius 3 is 2.76 bits per heavy atom. The van der Waals surface area contributed by atoms with E-state index in [1.165, 1.54) is 23.9 Å². The van der Waals surface area contributed by atoms with Crippen LogP contribution in [0.4, 0.5) is 5.69 Å². The Hall–Kier alpha value is -1.81. The molecule has 1 heterocycles. The third-order valence-corrected chi connectivity index (χ3v) is 4.68. The molecule has 106 valence electrons. The Balaban J connectivity index is 2.03. The van der Waals surface area contributed by atoms with Gasteiger partial charge in [0.05, 0.1) is 11.0 Å². The Morgan fingerprint density at radius 1 is 1.19 bits per heavy atom. The molecular formula is C17H16BrN3. The van der Waals surface area contributed by atoms with Crippen LogP contribution in [0.3, 0.4) is 0 Å². The number of aryl methyl sites for hydroxylation is 1. The van der Waals surface area contributed by atoms with Crippen LogP contribution in [0.2, 0.25) is 0 Å². The van der Waals surface area contributed by atoms with Crippen LogP contribution in [0.25, 0.3) is 22.4 Å². The fourth-order valence-corrected chi connectivity index (χ4v) is 3.24. The second kappa shape index (κ2) is 4.60. The lowest BCUT2D eigenvalue weighted by Gasteiger charge is -2.10. The zero-order valence-electron chi connectivity index (χ0n) is 11.8. The average molecular weight is 342 g/mol. The molecule has 1 aliphatic rings. The quantitative estimate of drug-likeness (QED) is 0.687. The molecule has 21 heavy (non-hydrogen) atoms. The van der Waals surface area contributed by atoms with Gasteiger partial charge in [-0.15, -0.1) is 0 Å². The highest BCUT2D eigenvalue weighted by atomic mass is 79.9. The van der Waals surface area contributed by atoms with E-state index in [0.29, 0.717) is 6.04 Å². The minimum absolute atomic E-state index is 0.570. The van der Waals surface area contributed by atoms with Gasteiger partial charge in [0.2, 0.25) is 0 Å². The molecule has 2 N–H and O–H groups in total. The van der Waals surface area contributed by atoms with Crippen molar-refractivity contribution < 1.29 is 0 Å². The number of hydrogen-bond acceptors (Lipinski definition) is 2. The molecule has 0 bridgehead atoms. The predicted molar refractivity (Wildman–Crippen MR) is 90.3 cm³/mol. The highest BCUT2D eigenvalue weighted by Gasteiger charge is 2.29. The van der Waals surface area contributed by atoms with Crippen molar-refractivity contribution in [3.05, 3.63) is 46.4 Å². The monoisotopic (exact) mass is 341 g/mol. The zero-order chi connectivity index (χ0) is 14.6. The number of hydrogen-bond donors (Lipinski definition) is 1. The van der Waals surface area contributed by atoms with Crippen LogP contribution in [0.5, 0.6) is 0 Å². The Kier molecular flexibility index (Phi) is 2.82. The molecule has 0 radical (unpaired) electrons. The van der Waals surface area contributed by atoms with E-state index in [-0.39, 0.29) is 0 Å². The molecule has 0 unspecified atom stereocenters. The van der Waals surface area contributed by atoms with Crippen LogP contribution in [0.15, 0.2) is 40.9 Å². The van der Waals surface area contributed by atoms with Crippen molar-refractivity contribution >= 4 is 32.7 Å². The van der Waals surface area contributed by atoms with Crippen LogP contribution < -0.4 is 5.73 Å². The third kappa shape index (κ3) is 2.14. The van der Waals surface area contributed by atoms with E-state index in [9.17, 15) is 0 Å². The summed E-state index contributed by atoms with van der Waals surface area (Å²) in [6, 6.07) is 12.9. The normalized spacial score (nSPS) is 14.8. The molecule has 0 atom stereocenters. The van der Waals surface area contributed by atoms with Gasteiger partial charge in [-0.3, -0.25) is 0 Å². The largest absolute Gasteiger partial charge is 0.399 e. The number of aromatic nitrogens is 2. The summed E-state index contributed by atoms with van der Waals surface area (Å²) in [7, 11) is 0. The van der Waals surface area contributed by atoms with Gasteiger partial charge in [0.1, 0.15) is 5.82 Å². The maximum atomic E-state index is 5.97. The summed E-state index contributed by atoms with van der Waals surface area (Å²) in [6.45, 7) is 2.10. The van der Waals surface area contributed by atoms with Gasteiger partial charge in [-0.05, 0) is 55.7 Å². The van der Waals surface area contributed by atoms with Crippen molar-refractivity contribution in [1.82, 2.24) is 9.55 Å². The molecule has 0 aliphatic heterocycles. The van der Waals surface area contributed by atoms with E-state index in [1.54, 1.807) is 0 Å². The molecule has 2 aromatic carbocycles. The van der Waals surface area contributed by atoms with Gasteiger partial charge in [-0.2, -0.15) is 0 Å². The van der Waals surface area contributed by atoms with Gasteiger partial charge in [0.15, 0.2) is 0 Å². The first kappa shape index (κ1) is 12.9. The SMILES string of the molecule is Cc1ccc2c(c1)nc(-c1cc(N)ccc1Br)n2C1CC1. The van der Waals surface area contributed by atoms with Crippen LogP contribution >= 0.6 is 15.9 Å². The molecule has 3 nitrogen and oxygen atoms in total. The molecule has 1 saturated carbocycles. The zero-order valence-corrected chi connectivity index (χ0v) is 13.4. The molecule has 4 rings (SSSR count). The number of imidazole rings is 1. The number of benzene rings is 2. The van der Waals surface area contributed by atoms with Crippen molar-refractivity contribution in [1.29, 1.82) is 0 Å². The maximum absolute atomic E-state index is 5.97. The molecule has 1 aliphatic carbocycles. The number of nitrogens with two attached hydrogens (primary N) is 1. The molecule has 0 spiro atoms. The van der Waals surface area contributed by atoms with E-state index in [1.807, 2.05) is 18.2 Å². The summed E-state index contributed by atoms with van der Waals surface area (Å²) < 4.78 is 3.40. The molecule has 1 aromatic heterocycles. The van der Waals surface area contributed by atoms with Gasteiger partial charge in [0.25, 0.3) is 0 Å². The second-order valence-corrected chi connectivity index (χ2v) is 6.62. The van der Waals surface area contributed by atoms with Gasteiger partial charge < -0.3 is 10.3 Å². The van der Waals surface area contributed by atoms with Crippen LogP contribution in [0, 0.1) is 6.92 Å². The lowest BCUT2D eigenvalue weighted by molar-refractivity contribution is 0.775. The number of nitrogen functional groups attached to an aromatic ring is 1. The fraction of sp³-hybridized carbons (Fsp3) is 0.235. The number of fused-ring (bicyclic) bond motifs is 1. The first-order chi connectivity index (χ1) is 10.1.